The maximum Gasteiger partial charge on any atom is 0.192 e. The Kier molecular flexibility index (Phi) is 4.86. The van der Waals surface area contributed by atoms with Crippen LogP contribution in [0.5, 0.6) is 0 Å². The lowest BCUT2D eigenvalue weighted by molar-refractivity contribution is 0.185. The first-order chi connectivity index (χ1) is 11.7. The van der Waals surface area contributed by atoms with Gasteiger partial charge < -0.3 is 0 Å². The van der Waals surface area contributed by atoms with Crippen LogP contribution in [0, 0.1) is 23.2 Å². The summed E-state index contributed by atoms with van der Waals surface area (Å²) in [5, 5.41) is 13.8. The minimum absolute atomic E-state index is 0.255. The van der Waals surface area contributed by atoms with Gasteiger partial charge in [-0.3, -0.25) is 10.3 Å². The molecule has 0 aromatic carbocycles. The van der Waals surface area contributed by atoms with Crippen molar-refractivity contribution in [3.63, 3.8) is 0 Å². The molecule has 5 nitrogen and oxygen atoms in total. The van der Waals surface area contributed by atoms with Gasteiger partial charge in [0.2, 0.25) is 0 Å². The first-order valence-electron chi connectivity index (χ1n) is 8.54. The van der Waals surface area contributed by atoms with Crippen molar-refractivity contribution in [3.8, 4) is 6.07 Å². The highest BCUT2D eigenvalue weighted by atomic mass is 15.1. The summed E-state index contributed by atoms with van der Waals surface area (Å²) in [7, 11) is 0. The highest BCUT2D eigenvalue weighted by Gasteiger charge is 2.41. The summed E-state index contributed by atoms with van der Waals surface area (Å²) in [5.41, 5.74) is 0.265. The molecule has 5 heteroatoms. The number of pyridine rings is 1. The number of nitrogens with zero attached hydrogens (tertiary/aromatic N) is 4. The smallest absolute Gasteiger partial charge is 0.192 e. The predicted octanol–water partition coefficient (Wildman–Crippen LogP) is 3.05. The lowest BCUT2D eigenvalue weighted by Gasteiger charge is -2.39. The third-order valence-corrected chi connectivity index (χ3v) is 5.29. The number of hydrogen-bond donors (Lipinski definition) is 1. The quantitative estimate of drug-likeness (QED) is 0.937. The average molecular weight is 321 g/mol. The van der Waals surface area contributed by atoms with Crippen LogP contribution in [-0.4, -0.2) is 21.0 Å². The molecule has 4 atom stereocenters. The standard InChI is InChI=1S/C19H23N5/c1-14-6-5-7-16(15(14)2)24-19(12-20,17-8-3-4-10-22-17)18-9-11-21-13-23-18/h3-4,8-11,13-16,24H,5-7H2,1-2H3. The van der Waals surface area contributed by atoms with E-state index in [2.05, 4.69) is 40.2 Å². The molecule has 2 aromatic rings. The fourth-order valence-corrected chi connectivity index (χ4v) is 3.59. The molecule has 0 bridgehead atoms. The van der Waals surface area contributed by atoms with Crippen molar-refractivity contribution < 1.29 is 0 Å². The first-order valence-corrected chi connectivity index (χ1v) is 8.54. The van der Waals surface area contributed by atoms with Crippen LogP contribution in [-0.2, 0) is 5.54 Å². The van der Waals surface area contributed by atoms with Crippen LogP contribution in [0.1, 0.15) is 44.5 Å². The third-order valence-electron chi connectivity index (χ3n) is 5.29. The summed E-state index contributed by atoms with van der Waals surface area (Å²) in [6.45, 7) is 4.56. The second-order valence-electron chi connectivity index (χ2n) is 6.69. The minimum atomic E-state index is -1.06. The van der Waals surface area contributed by atoms with Gasteiger partial charge in [-0.15, -0.1) is 0 Å². The van der Waals surface area contributed by atoms with Gasteiger partial charge in [-0.25, -0.2) is 9.97 Å². The van der Waals surface area contributed by atoms with E-state index in [4.69, 9.17) is 0 Å². The van der Waals surface area contributed by atoms with E-state index in [0.29, 0.717) is 23.2 Å². The summed E-state index contributed by atoms with van der Waals surface area (Å²) < 4.78 is 0. The van der Waals surface area contributed by atoms with Crippen molar-refractivity contribution in [3.05, 3.63) is 54.4 Å². The monoisotopic (exact) mass is 321 g/mol. The maximum atomic E-state index is 10.2. The summed E-state index contributed by atoms with van der Waals surface area (Å²) in [6, 6.07) is 10.2. The summed E-state index contributed by atoms with van der Waals surface area (Å²) in [5.74, 6) is 1.14. The molecule has 24 heavy (non-hydrogen) atoms. The van der Waals surface area contributed by atoms with Crippen LogP contribution in [0.3, 0.4) is 0 Å². The van der Waals surface area contributed by atoms with Crippen molar-refractivity contribution in [2.45, 2.75) is 44.7 Å². The molecule has 0 aliphatic heterocycles. The molecule has 1 saturated carbocycles. The molecule has 4 unspecified atom stereocenters. The topological polar surface area (TPSA) is 74.5 Å². The van der Waals surface area contributed by atoms with E-state index in [0.717, 1.165) is 6.42 Å². The zero-order valence-corrected chi connectivity index (χ0v) is 14.2. The number of rotatable bonds is 4. The van der Waals surface area contributed by atoms with Gasteiger partial charge in [-0.05, 0) is 36.5 Å². The van der Waals surface area contributed by atoms with Crippen molar-refractivity contribution >= 4 is 0 Å². The Morgan fingerprint density at radius 1 is 1.12 bits per heavy atom. The molecular weight excluding hydrogens is 298 g/mol. The van der Waals surface area contributed by atoms with Crippen LogP contribution in [0.2, 0.25) is 0 Å². The lowest BCUT2D eigenvalue weighted by Crippen LogP contribution is -2.53. The van der Waals surface area contributed by atoms with Crippen LogP contribution >= 0.6 is 0 Å². The van der Waals surface area contributed by atoms with Gasteiger partial charge in [0.1, 0.15) is 6.33 Å². The van der Waals surface area contributed by atoms with E-state index in [-0.39, 0.29) is 6.04 Å². The molecule has 0 spiro atoms. The molecular formula is C19H23N5. The Morgan fingerprint density at radius 3 is 2.62 bits per heavy atom. The highest BCUT2D eigenvalue weighted by molar-refractivity contribution is 5.38. The Labute approximate surface area is 143 Å². The summed E-state index contributed by atoms with van der Waals surface area (Å²) in [4.78, 5) is 12.8. The van der Waals surface area contributed by atoms with Crippen molar-refractivity contribution in [1.29, 1.82) is 5.26 Å². The summed E-state index contributed by atoms with van der Waals surface area (Å²) in [6.07, 6.45) is 8.36. The molecule has 3 rings (SSSR count). The first kappa shape index (κ1) is 16.5. The largest absolute Gasteiger partial charge is 0.286 e. The van der Waals surface area contributed by atoms with E-state index >= 15 is 0 Å². The number of nitriles is 1. The van der Waals surface area contributed by atoms with E-state index < -0.39 is 5.54 Å². The number of nitrogens with one attached hydrogen (secondary N) is 1. The van der Waals surface area contributed by atoms with E-state index in [1.165, 1.54) is 19.2 Å². The molecule has 1 N–H and O–H groups in total. The van der Waals surface area contributed by atoms with E-state index in [1.807, 2.05) is 18.2 Å². The van der Waals surface area contributed by atoms with Crippen molar-refractivity contribution in [2.75, 3.05) is 0 Å². The number of hydrogen-bond acceptors (Lipinski definition) is 5. The predicted molar refractivity (Wildman–Crippen MR) is 91.8 cm³/mol. The molecule has 0 radical (unpaired) electrons. The lowest BCUT2D eigenvalue weighted by atomic mass is 9.76. The van der Waals surface area contributed by atoms with Gasteiger partial charge in [0.25, 0.3) is 0 Å². The van der Waals surface area contributed by atoms with Crippen molar-refractivity contribution in [1.82, 2.24) is 20.3 Å². The minimum Gasteiger partial charge on any atom is -0.286 e. The third kappa shape index (κ3) is 3.02. The van der Waals surface area contributed by atoms with Gasteiger partial charge in [0, 0.05) is 18.4 Å². The van der Waals surface area contributed by atoms with Crippen LogP contribution < -0.4 is 5.32 Å². The average Bonchev–Trinajstić information content (AvgIpc) is 2.65. The van der Waals surface area contributed by atoms with Gasteiger partial charge in [-0.1, -0.05) is 32.8 Å². The Bertz CT molecular complexity index is 655. The summed E-state index contributed by atoms with van der Waals surface area (Å²) >= 11 is 0. The Hall–Kier alpha value is -2.32. The highest BCUT2D eigenvalue weighted by Crippen LogP contribution is 2.34. The molecule has 124 valence electrons. The second-order valence-corrected chi connectivity index (χ2v) is 6.69. The SMILES string of the molecule is CC1CCCC(NC(C#N)(c2ccccn2)c2ccncn2)C1C. The van der Waals surface area contributed by atoms with Gasteiger partial charge in [-0.2, -0.15) is 5.26 Å². The van der Waals surface area contributed by atoms with Crippen molar-refractivity contribution in [2.24, 2.45) is 11.8 Å². The zero-order chi connectivity index (χ0) is 17.0. The van der Waals surface area contributed by atoms with Gasteiger partial charge >= 0.3 is 0 Å². The molecule has 0 saturated heterocycles. The molecule has 2 aromatic heterocycles. The second kappa shape index (κ2) is 7.06. The normalized spacial score (nSPS) is 26.3. The fourth-order valence-electron chi connectivity index (χ4n) is 3.59. The molecule has 0 amide bonds. The van der Waals surface area contributed by atoms with Crippen LogP contribution in [0.25, 0.3) is 0 Å². The molecule has 1 fully saturated rings. The number of aromatic nitrogens is 3. The Balaban J connectivity index is 2.04. The molecule has 1 aliphatic carbocycles. The van der Waals surface area contributed by atoms with Crippen LogP contribution in [0.15, 0.2) is 43.0 Å². The van der Waals surface area contributed by atoms with Gasteiger partial charge in [0.15, 0.2) is 5.54 Å². The molecule has 1 aliphatic rings. The molecule has 2 heterocycles. The van der Waals surface area contributed by atoms with E-state index in [1.54, 1.807) is 18.5 Å². The van der Waals surface area contributed by atoms with Crippen LogP contribution in [0.4, 0.5) is 0 Å². The van der Waals surface area contributed by atoms with E-state index in [9.17, 15) is 5.26 Å². The Morgan fingerprint density at radius 2 is 1.96 bits per heavy atom. The van der Waals surface area contributed by atoms with Gasteiger partial charge in [0.05, 0.1) is 17.5 Å². The maximum absolute atomic E-state index is 10.2. The zero-order valence-electron chi connectivity index (χ0n) is 14.2. The fraction of sp³-hybridized carbons (Fsp3) is 0.474.